The van der Waals surface area contributed by atoms with Gasteiger partial charge in [0, 0.05) is 26.1 Å². The zero-order valence-electron chi connectivity index (χ0n) is 15.8. The highest BCUT2D eigenvalue weighted by Gasteiger charge is 2.17. The lowest BCUT2D eigenvalue weighted by Gasteiger charge is -2.21. The van der Waals surface area contributed by atoms with E-state index in [1.54, 1.807) is 7.05 Å². The molecule has 1 aliphatic heterocycles. The van der Waals surface area contributed by atoms with Crippen LogP contribution in [0.25, 0.3) is 0 Å². The lowest BCUT2D eigenvalue weighted by molar-refractivity contribution is 0.186. The van der Waals surface area contributed by atoms with E-state index in [0.717, 1.165) is 49.2 Å². The summed E-state index contributed by atoms with van der Waals surface area (Å²) in [4.78, 5) is 4.32. The van der Waals surface area contributed by atoms with Crippen molar-refractivity contribution in [3.63, 3.8) is 0 Å². The Bertz CT molecular complexity index is 557. The maximum atomic E-state index is 5.71. The second-order valence-electron chi connectivity index (χ2n) is 6.12. The third-order valence-electron chi connectivity index (χ3n) is 4.23. The number of hydrogen-bond donors (Lipinski definition) is 2. The van der Waals surface area contributed by atoms with E-state index in [1.807, 2.05) is 26.0 Å². The first kappa shape index (κ1) is 19.4. The minimum Gasteiger partial charge on any atom is -0.490 e. The topological polar surface area (TPSA) is 64.1 Å². The molecule has 2 N–H and O–H groups in total. The van der Waals surface area contributed by atoms with Gasteiger partial charge in [-0.25, -0.2) is 0 Å². The molecule has 0 bridgehead atoms. The van der Waals surface area contributed by atoms with Crippen LogP contribution in [0.1, 0.15) is 38.8 Å². The molecule has 0 saturated carbocycles. The van der Waals surface area contributed by atoms with Crippen LogP contribution in [-0.4, -0.2) is 46.0 Å². The van der Waals surface area contributed by atoms with Crippen LogP contribution in [0.2, 0.25) is 0 Å². The first-order valence-corrected chi connectivity index (χ1v) is 9.12. The molecule has 2 unspecified atom stereocenters. The van der Waals surface area contributed by atoms with E-state index < -0.39 is 0 Å². The third-order valence-corrected chi connectivity index (χ3v) is 4.23. The maximum Gasteiger partial charge on any atom is 0.191 e. The highest BCUT2D eigenvalue weighted by Crippen LogP contribution is 2.30. The second-order valence-corrected chi connectivity index (χ2v) is 6.12. The number of rotatable bonds is 8. The van der Waals surface area contributed by atoms with Crippen molar-refractivity contribution in [2.45, 2.75) is 33.2 Å². The summed E-state index contributed by atoms with van der Waals surface area (Å²) < 4.78 is 16.8. The van der Waals surface area contributed by atoms with Crippen LogP contribution in [0.3, 0.4) is 0 Å². The van der Waals surface area contributed by atoms with Gasteiger partial charge in [-0.05, 0) is 44.9 Å². The largest absolute Gasteiger partial charge is 0.490 e. The summed E-state index contributed by atoms with van der Waals surface area (Å²) in [7, 11) is 1.79. The molecular formula is C19H31N3O3. The minimum absolute atomic E-state index is 0.0981. The van der Waals surface area contributed by atoms with Crippen molar-refractivity contribution in [2.75, 3.05) is 40.0 Å². The van der Waals surface area contributed by atoms with Crippen LogP contribution in [0, 0.1) is 5.92 Å². The summed E-state index contributed by atoms with van der Waals surface area (Å²) in [5.41, 5.74) is 1.12. The molecule has 140 valence electrons. The lowest BCUT2D eigenvalue weighted by Crippen LogP contribution is -2.41. The van der Waals surface area contributed by atoms with E-state index in [4.69, 9.17) is 14.2 Å². The summed E-state index contributed by atoms with van der Waals surface area (Å²) in [6.45, 7) is 9.85. The second kappa shape index (κ2) is 10.1. The van der Waals surface area contributed by atoms with E-state index in [2.05, 4.69) is 28.6 Å². The molecule has 0 spiro atoms. The first-order chi connectivity index (χ1) is 12.2. The molecule has 1 aliphatic rings. The molecule has 6 heteroatoms. The standard InChI is InChI=1S/C19H31N3O3/c1-5-24-17-8-7-16(11-18(17)25-6-2)14(3)22-19(20-4)21-12-15-9-10-23-13-15/h7-8,11,14-15H,5-6,9-10,12-13H2,1-4H3,(H2,20,21,22). The van der Waals surface area contributed by atoms with Crippen LogP contribution in [0.5, 0.6) is 11.5 Å². The van der Waals surface area contributed by atoms with Crippen molar-refractivity contribution in [1.82, 2.24) is 10.6 Å². The molecule has 1 saturated heterocycles. The van der Waals surface area contributed by atoms with Crippen molar-refractivity contribution in [2.24, 2.45) is 10.9 Å². The smallest absolute Gasteiger partial charge is 0.191 e. The zero-order valence-corrected chi connectivity index (χ0v) is 15.8. The van der Waals surface area contributed by atoms with Crippen molar-refractivity contribution in [1.29, 1.82) is 0 Å². The van der Waals surface area contributed by atoms with E-state index in [0.29, 0.717) is 19.1 Å². The van der Waals surface area contributed by atoms with Gasteiger partial charge in [0.15, 0.2) is 17.5 Å². The Kier molecular flexibility index (Phi) is 7.85. The number of aliphatic imine (C=N–C) groups is 1. The van der Waals surface area contributed by atoms with Crippen molar-refractivity contribution < 1.29 is 14.2 Å². The predicted molar refractivity (Wildman–Crippen MR) is 101 cm³/mol. The fourth-order valence-electron chi connectivity index (χ4n) is 2.81. The Balaban J connectivity index is 1.97. The van der Waals surface area contributed by atoms with Crippen LogP contribution >= 0.6 is 0 Å². The molecular weight excluding hydrogens is 318 g/mol. The van der Waals surface area contributed by atoms with E-state index in [1.165, 1.54) is 0 Å². The number of ether oxygens (including phenoxy) is 3. The Morgan fingerprint density at radius 2 is 2.04 bits per heavy atom. The quantitative estimate of drug-likeness (QED) is 0.558. The summed E-state index contributed by atoms with van der Waals surface area (Å²) in [6.07, 6.45) is 1.11. The number of guanidine groups is 1. The molecule has 25 heavy (non-hydrogen) atoms. The van der Waals surface area contributed by atoms with Gasteiger partial charge in [0.2, 0.25) is 0 Å². The molecule has 0 aromatic heterocycles. The molecule has 0 radical (unpaired) electrons. The Labute approximate surface area is 151 Å². The third kappa shape index (κ3) is 5.81. The SMILES string of the molecule is CCOc1ccc(C(C)NC(=NC)NCC2CCOC2)cc1OCC. The molecule has 6 nitrogen and oxygen atoms in total. The summed E-state index contributed by atoms with van der Waals surface area (Å²) >= 11 is 0. The molecule has 0 aliphatic carbocycles. The van der Waals surface area contributed by atoms with Gasteiger partial charge in [0.1, 0.15) is 0 Å². The molecule has 1 aromatic rings. The first-order valence-electron chi connectivity index (χ1n) is 9.12. The highest BCUT2D eigenvalue weighted by atomic mass is 16.5. The van der Waals surface area contributed by atoms with Crippen LogP contribution in [-0.2, 0) is 4.74 Å². The van der Waals surface area contributed by atoms with Crippen molar-refractivity contribution in [3.05, 3.63) is 23.8 Å². The molecule has 0 amide bonds. The fourth-order valence-corrected chi connectivity index (χ4v) is 2.81. The number of benzene rings is 1. The number of nitrogens with one attached hydrogen (secondary N) is 2. The minimum atomic E-state index is 0.0981. The number of hydrogen-bond acceptors (Lipinski definition) is 4. The molecule has 1 aromatic carbocycles. The zero-order chi connectivity index (χ0) is 18.1. The molecule has 2 rings (SSSR count). The average molecular weight is 349 g/mol. The Hall–Kier alpha value is -1.95. The van der Waals surface area contributed by atoms with Crippen molar-refractivity contribution in [3.8, 4) is 11.5 Å². The monoisotopic (exact) mass is 349 g/mol. The van der Waals surface area contributed by atoms with Crippen LogP contribution < -0.4 is 20.1 Å². The Morgan fingerprint density at radius 3 is 2.68 bits per heavy atom. The molecule has 1 heterocycles. The maximum absolute atomic E-state index is 5.71. The van der Waals surface area contributed by atoms with E-state index in [9.17, 15) is 0 Å². The highest BCUT2D eigenvalue weighted by molar-refractivity contribution is 5.80. The normalized spacial score (nSPS) is 18.7. The van der Waals surface area contributed by atoms with Gasteiger partial charge in [-0.2, -0.15) is 0 Å². The van der Waals surface area contributed by atoms with Gasteiger partial charge >= 0.3 is 0 Å². The fraction of sp³-hybridized carbons (Fsp3) is 0.632. The van der Waals surface area contributed by atoms with Gasteiger partial charge in [-0.15, -0.1) is 0 Å². The van der Waals surface area contributed by atoms with Gasteiger partial charge < -0.3 is 24.8 Å². The van der Waals surface area contributed by atoms with Gasteiger partial charge in [-0.3, -0.25) is 4.99 Å². The van der Waals surface area contributed by atoms with Crippen molar-refractivity contribution >= 4 is 5.96 Å². The van der Waals surface area contributed by atoms with Crippen LogP contribution in [0.4, 0.5) is 0 Å². The summed E-state index contributed by atoms with van der Waals surface area (Å²) in [5.74, 6) is 2.92. The van der Waals surface area contributed by atoms with E-state index >= 15 is 0 Å². The summed E-state index contributed by atoms with van der Waals surface area (Å²) in [5, 5.41) is 6.82. The Morgan fingerprint density at radius 1 is 1.28 bits per heavy atom. The average Bonchev–Trinajstić information content (AvgIpc) is 3.13. The van der Waals surface area contributed by atoms with Gasteiger partial charge in [0.05, 0.1) is 25.9 Å². The molecule has 1 fully saturated rings. The van der Waals surface area contributed by atoms with Gasteiger partial charge in [0.25, 0.3) is 0 Å². The predicted octanol–water partition coefficient (Wildman–Crippen LogP) is 2.75. The molecule has 2 atom stereocenters. The number of nitrogens with zero attached hydrogens (tertiary/aromatic N) is 1. The lowest BCUT2D eigenvalue weighted by atomic mass is 10.1. The van der Waals surface area contributed by atoms with E-state index in [-0.39, 0.29) is 6.04 Å². The van der Waals surface area contributed by atoms with Gasteiger partial charge in [-0.1, -0.05) is 6.07 Å². The van der Waals surface area contributed by atoms with Crippen LogP contribution in [0.15, 0.2) is 23.2 Å². The summed E-state index contributed by atoms with van der Waals surface area (Å²) in [6, 6.07) is 6.16.